The molecule has 1 amide bonds. The van der Waals surface area contributed by atoms with Gasteiger partial charge in [-0.15, -0.1) is 11.3 Å². The lowest BCUT2D eigenvalue weighted by Gasteiger charge is -2.23. The van der Waals surface area contributed by atoms with Gasteiger partial charge in [0.15, 0.2) is 11.6 Å². The maximum atomic E-state index is 14.1. The molecule has 0 bridgehead atoms. The Morgan fingerprint density at radius 3 is 2.58 bits per heavy atom. The van der Waals surface area contributed by atoms with Crippen molar-refractivity contribution in [3.63, 3.8) is 0 Å². The van der Waals surface area contributed by atoms with Crippen LogP contribution in [0.2, 0.25) is 0 Å². The molecule has 0 fully saturated rings. The van der Waals surface area contributed by atoms with Crippen molar-refractivity contribution in [1.29, 1.82) is 0 Å². The number of para-hydroxylation sites is 1. The molecule has 3 rings (SSSR count). The third-order valence-corrected chi connectivity index (χ3v) is 4.81. The van der Waals surface area contributed by atoms with Crippen LogP contribution in [0.5, 0.6) is 5.75 Å². The standard InChI is InChI=1S/C20H17F2NO2S/c1-25-18-10-3-2-6-14(18)12-23(13-15-7-5-11-26-15)20(24)16-8-4-9-17(21)19(16)22/h2-11H,12-13H2,1H3. The quantitative estimate of drug-likeness (QED) is 0.616. The van der Waals surface area contributed by atoms with Gasteiger partial charge in [-0.3, -0.25) is 4.79 Å². The molecule has 0 N–H and O–H groups in total. The van der Waals surface area contributed by atoms with Crippen LogP contribution in [0.25, 0.3) is 0 Å². The summed E-state index contributed by atoms with van der Waals surface area (Å²) in [6.07, 6.45) is 0. The van der Waals surface area contributed by atoms with E-state index in [0.29, 0.717) is 12.3 Å². The molecule has 3 nitrogen and oxygen atoms in total. The van der Waals surface area contributed by atoms with Crippen LogP contribution in [0, 0.1) is 11.6 Å². The number of amides is 1. The fourth-order valence-corrected chi connectivity index (χ4v) is 3.39. The van der Waals surface area contributed by atoms with Gasteiger partial charge in [0.2, 0.25) is 0 Å². The highest BCUT2D eigenvalue weighted by Crippen LogP contribution is 2.24. The van der Waals surface area contributed by atoms with Crippen molar-refractivity contribution < 1.29 is 18.3 Å². The van der Waals surface area contributed by atoms with Crippen LogP contribution in [-0.2, 0) is 13.1 Å². The Labute approximate surface area is 154 Å². The maximum absolute atomic E-state index is 14.1. The van der Waals surface area contributed by atoms with Gasteiger partial charge in [0, 0.05) is 10.4 Å². The van der Waals surface area contributed by atoms with Gasteiger partial charge >= 0.3 is 0 Å². The normalized spacial score (nSPS) is 10.6. The van der Waals surface area contributed by atoms with E-state index in [4.69, 9.17) is 4.74 Å². The summed E-state index contributed by atoms with van der Waals surface area (Å²) >= 11 is 1.50. The molecule has 6 heteroatoms. The molecule has 1 aromatic heterocycles. The van der Waals surface area contributed by atoms with Crippen LogP contribution >= 0.6 is 11.3 Å². The lowest BCUT2D eigenvalue weighted by molar-refractivity contribution is 0.0724. The minimum Gasteiger partial charge on any atom is -0.496 e. The molecular formula is C20H17F2NO2S. The predicted molar refractivity (Wildman–Crippen MR) is 97.2 cm³/mol. The van der Waals surface area contributed by atoms with E-state index < -0.39 is 17.5 Å². The molecule has 2 aromatic carbocycles. The number of carbonyl (C=O) groups is 1. The second kappa shape index (κ2) is 8.10. The summed E-state index contributed by atoms with van der Waals surface area (Å²) in [5, 5.41) is 1.91. The molecule has 0 unspecified atom stereocenters. The van der Waals surface area contributed by atoms with E-state index in [9.17, 15) is 13.6 Å². The maximum Gasteiger partial charge on any atom is 0.257 e. The van der Waals surface area contributed by atoms with Gasteiger partial charge in [0.25, 0.3) is 5.91 Å². The fraction of sp³-hybridized carbons (Fsp3) is 0.150. The number of benzene rings is 2. The van der Waals surface area contributed by atoms with Gasteiger partial charge < -0.3 is 9.64 Å². The number of nitrogens with zero attached hydrogens (tertiary/aromatic N) is 1. The average molecular weight is 373 g/mol. The van der Waals surface area contributed by atoms with Crippen LogP contribution in [0.3, 0.4) is 0 Å². The number of ether oxygens (including phenoxy) is 1. The van der Waals surface area contributed by atoms with Crippen LogP contribution in [0.15, 0.2) is 60.0 Å². The van der Waals surface area contributed by atoms with Crippen LogP contribution in [0.1, 0.15) is 20.8 Å². The summed E-state index contributed by atoms with van der Waals surface area (Å²) < 4.78 is 33.0. The van der Waals surface area contributed by atoms with E-state index in [1.54, 1.807) is 13.2 Å². The summed E-state index contributed by atoms with van der Waals surface area (Å²) in [5.41, 5.74) is 0.508. The summed E-state index contributed by atoms with van der Waals surface area (Å²) in [5.74, 6) is -2.10. The first-order valence-corrected chi connectivity index (χ1v) is 8.85. The molecular weight excluding hydrogens is 356 g/mol. The molecule has 0 aliphatic heterocycles. The van der Waals surface area contributed by atoms with Crippen molar-refractivity contribution in [2.45, 2.75) is 13.1 Å². The molecule has 26 heavy (non-hydrogen) atoms. The van der Waals surface area contributed by atoms with E-state index >= 15 is 0 Å². The number of carbonyl (C=O) groups excluding carboxylic acids is 1. The van der Waals surface area contributed by atoms with Gasteiger partial charge in [-0.1, -0.05) is 30.3 Å². The zero-order valence-electron chi connectivity index (χ0n) is 14.1. The Balaban J connectivity index is 1.95. The van der Waals surface area contributed by atoms with Crippen molar-refractivity contribution in [2.24, 2.45) is 0 Å². The molecule has 0 atom stereocenters. The van der Waals surface area contributed by atoms with E-state index in [1.165, 1.54) is 28.4 Å². The number of hydrogen-bond donors (Lipinski definition) is 0. The van der Waals surface area contributed by atoms with Crippen molar-refractivity contribution in [1.82, 2.24) is 4.90 Å². The topological polar surface area (TPSA) is 29.5 Å². The lowest BCUT2D eigenvalue weighted by atomic mass is 10.1. The third-order valence-electron chi connectivity index (χ3n) is 3.95. The number of thiophene rings is 1. The zero-order chi connectivity index (χ0) is 18.5. The molecule has 0 aliphatic rings. The molecule has 0 saturated heterocycles. The summed E-state index contributed by atoms with van der Waals surface area (Å²) in [7, 11) is 1.55. The Morgan fingerprint density at radius 2 is 1.85 bits per heavy atom. The predicted octanol–water partition coefficient (Wildman–Crippen LogP) is 4.88. The first-order chi connectivity index (χ1) is 12.6. The average Bonchev–Trinajstić information content (AvgIpc) is 3.16. The smallest absolute Gasteiger partial charge is 0.257 e. The summed E-state index contributed by atoms with van der Waals surface area (Å²) in [4.78, 5) is 15.4. The first kappa shape index (κ1) is 18.1. The van der Waals surface area contributed by atoms with Crippen molar-refractivity contribution in [3.8, 4) is 5.75 Å². The highest BCUT2D eigenvalue weighted by atomic mass is 32.1. The minimum absolute atomic E-state index is 0.219. The highest BCUT2D eigenvalue weighted by molar-refractivity contribution is 7.09. The molecule has 3 aromatic rings. The van der Waals surface area contributed by atoms with Crippen molar-refractivity contribution in [2.75, 3.05) is 7.11 Å². The van der Waals surface area contributed by atoms with Crippen LogP contribution in [0.4, 0.5) is 8.78 Å². The van der Waals surface area contributed by atoms with Gasteiger partial charge in [-0.05, 0) is 29.6 Å². The van der Waals surface area contributed by atoms with E-state index in [2.05, 4.69) is 0 Å². The van der Waals surface area contributed by atoms with Gasteiger partial charge in [0.1, 0.15) is 5.75 Å². The zero-order valence-corrected chi connectivity index (χ0v) is 14.9. The Hall–Kier alpha value is -2.73. The summed E-state index contributed by atoms with van der Waals surface area (Å²) in [6.45, 7) is 0.515. The Morgan fingerprint density at radius 1 is 1.04 bits per heavy atom. The molecule has 0 saturated carbocycles. The van der Waals surface area contributed by atoms with E-state index in [1.807, 2.05) is 35.7 Å². The molecule has 0 radical (unpaired) electrons. The van der Waals surface area contributed by atoms with Crippen molar-refractivity contribution in [3.05, 3.63) is 87.6 Å². The van der Waals surface area contributed by atoms with Crippen LogP contribution < -0.4 is 4.74 Å². The molecule has 0 spiro atoms. The van der Waals surface area contributed by atoms with Crippen LogP contribution in [-0.4, -0.2) is 17.9 Å². The fourth-order valence-electron chi connectivity index (χ4n) is 2.67. The van der Waals surface area contributed by atoms with Gasteiger partial charge in [0.05, 0.1) is 25.8 Å². The Bertz CT molecular complexity index is 897. The SMILES string of the molecule is COc1ccccc1CN(Cc1cccs1)C(=O)c1cccc(F)c1F. The monoisotopic (exact) mass is 373 g/mol. The number of rotatable bonds is 6. The largest absolute Gasteiger partial charge is 0.496 e. The molecule has 1 heterocycles. The lowest BCUT2D eigenvalue weighted by Crippen LogP contribution is -2.31. The van der Waals surface area contributed by atoms with Gasteiger partial charge in [-0.2, -0.15) is 0 Å². The third kappa shape index (κ3) is 3.91. The Kier molecular flexibility index (Phi) is 5.63. The first-order valence-electron chi connectivity index (χ1n) is 7.97. The summed E-state index contributed by atoms with van der Waals surface area (Å²) in [6, 6.07) is 14.7. The second-order valence-corrected chi connectivity index (χ2v) is 6.69. The molecule has 134 valence electrons. The number of methoxy groups -OCH3 is 1. The van der Waals surface area contributed by atoms with Gasteiger partial charge in [-0.25, -0.2) is 8.78 Å². The van der Waals surface area contributed by atoms with Crippen molar-refractivity contribution >= 4 is 17.2 Å². The highest BCUT2D eigenvalue weighted by Gasteiger charge is 2.23. The van der Waals surface area contributed by atoms with E-state index in [0.717, 1.165) is 16.5 Å². The number of halogens is 2. The molecule has 0 aliphatic carbocycles. The minimum atomic E-state index is -1.13. The number of hydrogen-bond acceptors (Lipinski definition) is 3. The second-order valence-electron chi connectivity index (χ2n) is 5.65. The van der Waals surface area contributed by atoms with E-state index in [-0.39, 0.29) is 12.1 Å².